The Morgan fingerprint density at radius 3 is 2.48 bits per heavy atom. The Labute approximate surface area is 133 Å². The van der Waals surface area contributed by atoms with Gasteiger partial charge in [0, 0.05) is 10.4 Å². The van der Waals surface area contributed by atoms with E-state index in [0.717, 1.165) is 16.9 Å². The summed E-state index contributed by atoms with van der Waals surface area (Å²) < 4.78 is 5.46. The molecule has 5 heteroatoms. The lowest BCUT2D eigenvalue weighted by Gasteiger charge is -2.19. The summed E-state index contributed by atoms with van der Waals surface area (Å²) in [6, 6.07) is 0. The Bertz CT molecular complexity index is 662. The molecule has 0 aliphatic carbocycles. The second kappa shape index (κ2) is 5.81. The minimum atomic E-state index is -0.516. The maximum atomic E-state index is 12.3. The molecule has 0 aliphatic heterocycles. The molecule has 0 saturated heterocycles. The molecule has 2 aromatic heterocycles. The predicted octanol–water partition coefficient (Wildman–Crippen LogP) is 4.88. The molecule has 0 bridgehead atoms. The number of nitrogens with two attached hydrogens (primary N) is 1. The van der Waals surface area contributed by atoms with Gasteiger partial charge in [0.2, 0.25) is 0 Å². The minimum absolute atomic E-state index is 0.334. The lowest BCUT2D eigenvalue weighted by atomic mass is 10.1. The molecule has 0 atom stereocenters. The number of rotatable bonds is 3. The molecule has 2 aromatic rings. The Hall–Kier alpha value is -1.33. The Kier molecular flexibility index (Phi) is 4.44. The maximum Gasteiger partial charge on any atom is 0.351 e. The first-order valence-electron chi connectivity index (χ1n) is 6.92. The fourth-order valence-corrected chi connectivity index (χ4v) is 4.30. The van der Waals surface area contributed by atoms with Gasteiger partial charge in [0.15, 0.2) is 0 Å². The molecule has 2 N–H and O–H groups in total. The van der Waals surface area contributed by atoms with Crippen LogP contribution in [0.5, 0.6) is 0 Å². The van der Waals surface area contributed by atoms with Crippen LogP contribution in [0.2, 0.25) is 0 Å². The van der Waals surface area contributed by atoms with Crippen LogP contribution in [0.1, 0.15) is 48.5 Å². The third-order valence-electron chi connectivity index (χ3n) is 3.09. The number of aryl methyl sites for hydroxylation is 1. The topological polar surface area (TPSA) is 52.3 Å². The van der Waals surface area contributed by atoms with E-state index in [0.29, 0.717) is 10.6 Å². The molecular formula is C16H21NO2S2. The second-order valence-electron chi connectivity index (χ2n) is 5.98. The van der Waals surface area contributed by atoms with Gasteiger partial charge in [-0.25, -0.2) is 4.79 Å². The van der Waals surface area contributed by atoms with Gasteiger partial charge < -0.3 is 10.5 Å². The predicted molar refractivity (Wildman–Crippen MR) is 91.3 cm³/mol. The molecule has 0 amide bonds. The van der Waals surface area contributed by atoms with Crippen LogP contribution >= 0.6 is 22.7 Å². The Morgan fingerprint density at radius 2 is 2.00 bits per heavy atom. The van der Waals surface area contributed by atoms with Gasteiger partial charge in [-0.3, -0.25) is 0 Å². The number of carbonyl (C=O) groups excluding carboxylic acids is 1. The van der Waals surface area contributed by atoms with Crippen LogP contribution < -0.4 is 5.73 Å². The number of thiophene rings is 2. The first-order valence-corrected chi connectivity index (χ1v) is 8.68. The number of hydrogen-bond acceptors (Lipinski definition) is 5. The number of anilines is 1. The fraction of sp³-hybridized carbons (Fsp3) is 0.438. The largest absolute Gasteiger partial charge is 0.456 e. The van der Waals surface area contributed by atoms with Crippen molar-refractivity contribution in [2.75, 3.05) is 5.73 Å². The van der Waals surface area contributed by atoms with Crippen molar-refractivity contribution in [3.05, 3.63) is 26.8 Å². The zero-order valence-corrected chi connectivity index (χ0v) is 14.7. The van der Waals surface area contributed by atoms with E-state index in [1.54, 1.807) is 11.3 Å². The highest BCUT2D eigenvalue weighted by Crippen LogP contribution is 2.42. The van der Waals surface area contributed by atoms with Gasteiger partial charge in [0.25, 0.3) is 0 Å². The monoisotopic (exact) mass is 323 g/mol. The van der Waals surface area contributed by atoms with Gasteiger partial charge in [0.1, 0.15) is 10.5 Å². The van der Waals surface area contributed by atoms with E-state index >= 15 is 0 Å². The summed E-state index contributed by atoms with van der Waals surface area (Å²) in [4.78, 5) is 13.9. The summed E-state index contributed by atoms with van der Waals surface area (Å²) in [6.07, 6.45) is 0.801. The molecule has 0 unspecified atom stereocenters. The van der Waals surface area contributed by atoms with E-state index in [1.165, 1.54) is 22.5 Å². The number of esters is 1. The lowest BCUT2D eigenvalue weighted by molar-refractivity contribution is 0.00763. The molecule has 0 aliphatic rings. The van der Waals surface area contributed by atoms with E-state index in [2.05, 4.69) is 24.6 Å². The van der Waals surface area contributed by atoms with Crippen LogP contribution in [-0.2, 0) is 11.2 Å². The standard InChI is InChI=1S/C16H21NO2S2/c1-6-10-12(17)14(15(18)19-16(3,4)5)21-13(10)11-8-20-7-9(11)2/h7-8H,6,17H2,1-5H3. The molecule has 0 radical (unpaired) electrons. The first kappa shape index (κ1) is 16.0. The summed E-state index contributed by atoms with van der Waals surface area (Å²) in [5, 5.41) is 4.22. The van der Waals surface area contributed by atoms with Crippen LogP contribution in [0.15, 0.2) is 10.8 Å². The van der Waals surface area contributed by atoms with E-state index in [4.69, 9.17) is 10.5 Å². The molecule has 0 spiro atoms. The minimum Gasteiger partial charge on any atom is -0.456 e. The summed E-state index contributed by atoms with van der Waals surface area (Å²) in [5.74, 6) is -0.334. The zero-order valence-electron chi connectivity index (χ0n) is 13.1. The van der Waals surface area contributed by atoms with Crippen LogP contribution in [0.3, 0.4) is 0 Å². The highest BCUT2D eigenvalue weighted by Gasteiger charge is 2.26. The van der Waals surface area contributed by atoms with E-state index in [9.17, 15) is 4.79 Å². The molecule has 2 rings (SSSR count). The number of carbonyl (C=O) groups is 1. The smallest absolute Gasteiger partial charge is 0.351 e. The van der Waals surface area contributed by atoms with Gasteiger partial charge in [-0.2, -0.15) is 11.3 Å². The van der Waals surface area contributed by atoms with Crippen LogP contribution in [-0.4, -0.2) is 11.6 Å². The van der Waals surface area contributed by atoms with Crippen LogP contribution in [0.25, 0.3) is 10.4 Å². The normalized spacial score (nSPS) is 11.7. The number of ether oxygens (including phenoxy) is 1. The van der Waals surface area contributed by atoms with Crippen molar-refractivity contribution in [1.29, 1.82) is 0 Å². The average Bonchev–Trinajstić information content (AvgIpc) is 2.90. The fourth-order valence-electron chi connectivity index (χ4n) is 2.12. The molecule has 21 heavy (non-hydrogen) atoms. The Morgan fingerprint density at radius 1 is 1.33 bits per heavy atom. The van der Waals surface area contributed by atoms with Gasteiger partial charge in [-0.1, -0.05) is 6.92 Å². The van der Waals surface area contributed by atoms with Crippen molar-refractivity contribution in [2.24, 2.45) is 0 Å². The number of hydrogen-bond donors (Lipinski definition) is 1. The van der Waals surface area contributed by atoms with Crippen LogP contribution in [0, 0.1) is 6.92 Å². The Balaban J connectivity index is 2.49. The van der Waals surface area contributed by atoms with Crippen molar-refractivity contribution in [3.8, 4) is 10.4 Å². The van der Waals surface area contributed by atoms with E-state index in [1.807, 2.05) is 20.8 Å². The van der Waals surface area contributed by atoms with Crippen molar-refractivity contribution < 1.29 is 9.53 Å². The zero-order chi connectivity index (χ0) is 15.8. The molecule has 0 fully saturated rings. The van der Waals surface area contributed by atoms with Crippen molar-refractivity contribution >= 4 is 34.3 Å². The van der Waals surface area contributed by atoms with Gasteiger partial charge >= 0.3 is 5.97 Å². The van der Waals surface area contributed by atoms with E-state index in [-0.39, 0.29) is 5.97 Å². The highest BCUT2D eigenvalue weighted by molar-refractivity contribution is 7.18. The SMILES string of the molecule is CCc1c(-c2cscc2C)sc(C(=O)OC(C)(C)C)c1N. The average molecular weight is 323 g/mol. The first-order chi connectivity index (χ1) is 9.74. The lowest BCUT2D eigenvalue weighted by Crippen LogP contribution is -2.23. The van der Waals surface area contributed by atoms with Crippen molar-refractivity contribution in [2.45, 2.75) is 46.6 Å². The molecular weight excluding hydrogens is 302 g/mol. The van der Waals surface area contributed by atoms with Crippen LogP contribution in [0.4, 0.5) is 5.69 Å². The summed E-state index contributed by atoms with van der Waals surface area (Å²) in [5.41, 5.74) is 9.68. The third-order valence-corrected chi connectivity index (χ3v) is 5.21. The molecule has 114 valence electrons. The summed E-state index contributed by atoms with van der Waals surface area (Å²) in [6.45, 7) is 9.72. The van der Waals surface area contributed by atoms with E-state index < -0.39 is 5.60 Å². The summed E-state index contributed by atoms with van der Waals surface area (Å²) in [7, 11) is 0. The van der Waals surface area contributed by atoms with Crippen molar-refractivity contribution in [1.82, 2.24) is 0 Å². The number of nitrogen functional groups attached to an aromatic ring is 1. The van der Waals surface area contributed by atoms with Gasteiger partial charge in [0.05, 0.1) is 5.69 Å². The molecule has 3 nitrogen and oxygen atoms in total. The highest BCUT2D eigenvalue weighted by atomic mass is 32.1. The maximum absolute atomic E-state index is 12.3. The summed E-state index contributed by atoms with van der Waals surface area (Å²) >= 11 is 3.10. The molecule has 0 aromatic carbocycles. The molecule has 0 saturated carbocycles. The van der Waals surface area contributed by atoms with Gasteiger partial charge in [-0.15, -0.1) is 11.3 Å². The molecule has 2 heterocycles. The quantitative estimate of drug-likeness (QED) is 0.819. The third kappa shape index (κ3) is 3.30. The van der Waals surface area contributed by atoms with Crippen molar-refractivity contribution in [3.63, 3.8) is 0 Å². The van der Waals surface area contributed by atoms with Gasteiger partial charge in [-0.05, 0) is 56.0 Å². The second-order valence-corrected chi connectivity index (χ2v) is 7.74.